The molecule has 1 saturated heterocycles. The molecule has 1 rings (SSSR count). The first kappa shape index (κ1) is 11.5. The van der Waals surface area contributed by atoms with Crippen molar-refractivity contribution in [3.8, 4) is 0 Å². The van der Waals surface area contributed by atoms with Crippen molar-refractivity contribution in [2.45, 2.75) is 19.9 Å². The van der Waals surface area contributed by atoms with Crippen LogP contribution in [0, 0.1) is 11.8 Å². The molecule has 2 atom stereocenters. The highest BCUT2D eigenvalue weighted by molar-refractivity contribution is 5.61. The fourth-order valence-electron chi connectivity index (χ4n) is 1.98. The van der Waals surface area contributed by atoms with Crippen molar-refractivity contribution in [3.05, 3.63) is 0 Å². The Kier molecular flexibility index (Phi) is 4.35. The highest BCUT2D eigenvalue weighted by Gasteiger charge is 2.29. The summed E-state index contributed by atoms with van der Waals surface area (Å²) in [5, 5.41) is 15.1. The van der Waals surface area contributed by atoms with Crippen LogP contribution in [-0.4, -0.2) is 49.0 Å². The number of hydrogen-bond donors (Lipinski definition) is 2. The molecule has 4 heteroatoms. The average molecular weight is 199 g/mol. The van der Waals surface area contributed by atoms with Gasteiger partial charge in [-0.15, -0.1) is 5.16 Å². The minimum absolute atomic E-state index is 0.385. The van der Waals surface area contributed by atoms with Crippen LogP contribution < -0.4 is 5.32 Å². The minimum Gasteiger partial charge on any atom is -0.411 e. The number of oxime groups is 1. The van der Waals surface area contributed by atoms with Crippen molar-refractivity contribution in [1.29, 1.82) is 0 Å². The van der Waals surface area contributed by atoms with E-state index in [1.165, 1.54) is 0 Å². The average Bonchev–Trinajstić information content (AvgIpc) is 2.44. The van der Waals surface area contributed by atoms with Gasteiger partial charge in [-0.25, -0.2) is 0 Å². The van der Waals surface area contributed by atoms with Crippen LogP contribution in [0.5, 0.6) is 0 Å². The van der Waals surface area contributed by atoms with E-state index in [1.807, 2.05) is 0 Å². The van der Waals surface area contributed by atoms with Gasteiger partial charge in [0.15, 0.2) is 0 Å². The van der Waals surface area contributed by atoms with Gasteiger partial charge in [0.2, 0.25) is 0 Å². The molecule has 0 aromatic rings. The maximum absolute atomic E-state index is 8.54. The molecule has 82 valence electrons. The third kappa shape index (κ3) is 3.27. The van der Waals surface area contributed by atoms with Gasteiger partial charge in [0.05, 0.1) is 0 Å². The summed E-state index contributed by atoms with van der Waals surface area (Å²) < 4.78 is 0. The minimum atomic E-state index is 0.385. The van der Waals surface area contributed by atoms with Crippen molar-refractivity contribution in [1.82, 2.24) is 10.2 Å². The molecular formula is C10H21N3O. The SMILES string of the molecule is CC(C)NCC1CN(C)CC1/C=N/O. The van der Waals surface area contributed by atoms with Gasteiger partial charge in [0, 0.05) is 37.8 Å². The van der Waals surface area contributed by atoms with Gasteiger partial charge in [-0.1, -0.05) is 13.8 Å². The molecule has 1 fully saturated rings. The molecule has 0 spiro atoms. The van der Waals surface area contributed by atoms with Gasteiger partial charge in [-0.05, 0) is 13.0 Å². The zero-order chi connectivity index (χ0) is 10.6. The van der Waals surface area contributed by atoms with Crippen LogP contribution in [0.4, 0.5) is 0 Å². The lowest BCUT2D eigenvalue weighted by molar-refractivity contribution is 0.315. The zero-order valence-corrected chi connectivity index (χ0v) is 9.27. The van der Waals surface area contributed by atoms with Gasteiger partial charge in [0.25, 0.3) is 0 Å². The van der Waals surface area contributed by atoms with Gasteiger partial charge in [-0.2, -0.15) is 0 Å². The van der Waals surface area contributed by atoms with E-state index < -0.39 is 0 Å². The molecule has 14 heavy (non-hydrogen) atoms. The van der Waals surface area contributed by atoms with Gasteiger partial charge in [-0.3, -0.25) is 0 Å². The van der Waals surface area contributed by atoms with E-state index in [1.54, 1.807) is 6.21 Å². The number of nitrogens with one attached hydrogen (secondary N) is 1. The third-order valence-electron chi connectivity index (χ3n) is 2.72. The van der Waals surface area contributed by atoms with Gasteiger partial charge >= 0.3 is 0 Å². The Morgan fingerprint density at radius 1 is 1.57 bits per heavy atom. The molecule has 0 saturated carbocycles. The molecule has 0 aliphatic carbocycles. The van der Waals surface area contributed by atoms with E-state index in [0.717, 1.165) is 19.6 Å². The standard InChI is InChI=1S/C10H21N3O/c1-8(2)11-4-9-6-13(3)7-10(9)5-12-14/h5,8-11,14H,4,6-7H2,1-3H3/b12-5+. The second kappa shape index (κ2) is 5.32. The van der Waals surface area contributed by atoms with Crippen LogP contribution in [0.15, 0.2) is 5.16 Å². The van der Waals surface area contributed by atoms with E-state index >= 15 is 0 Å². The fourth-order valence-corrected chi connectivity index (χ4v) is 1.98. The van der Waals surface area contributed by atoms with Crippen LogP contribution in [0.3, 0.4) is 0 Å². The lowest BCUT2D eigenvalue weighted by Crippen LogP contribution is -2.32. The Hall–Kier alpha value is -0.610. The van der Waals surface area contributed by atoms with E-state index in [2.05, 4.69) is 36.3 Å². The van der Waals surface area contributed by atoms with Crippen molar-refractivity contribution >= 4 is 6.21 Å². The Balaban J connectivity index is 2.41. The van der Waals surface area contributed by atoms with E-state index in [-0.39, 0.29) is 0 Å². The summed E-state index contributed by atoms with van der Waals surface area (Å²) in [6.45, 7) is 7.37. The maximum atomic E-state index is 8.54. The van der Waals surface area contributed by atoms with Crippen LogP contribution in [0.1, 0.15) is 13.8 Å². The Morgan fingerprint density at radius 2 is 2.29 bits per heavy atom. The molecule has 2 unspecified atom stereocenters. The van der Waals surface area contributed by atoms with Crippen LogP contribution >= 0.6 is 0 Å². The van der Waals surface area contributed by atoms with Crippen molar-refractivity contribution < 1.29 is 5.21 Å². The van der Waals surface area contributed by atoms with Crippen molar-refractivity contribution in [2.75, 3.05) is 26.7 Å². The molecule has 1 aliphatic rings. The van der Waals surface area contributed by atoms with Crippen LogP contribution in [-0.2, 0) is 0 Å². The second-order valence-electron chi connectivity index (χ2n) is 4.47. The molecule has 0 bridgehead atoms. The number of likely N-dealkylation sites (tertiary alicyclic amines) is 1. The molecule has 0 aromatic heterocycles. The van der Waals surface area contributed by atoms with E-state index in [0.29, 0.717) is 17.9 Å². The van der Waals surface area contributed by atoms with Gasteiger partial charge < -0.3 is 15.4 Å². The van der Waals surface area contributed by atoms with Crippen molar-refractivity contribution in [2.24, 2.45) is 17.0 Å². The molecule has 2 N–H and O–H groups in total. The fraction of sp³-hybridized carbons (Fsp3) is 0.900. The largest absolute Gasteiger partial charge is 0.411 e. The number of nitrogens with zero attached hydrogens (tertiary/aromatic N) is 2. The first-order valence-electron chi connectivity index (χ1n) is 5.23. The molecule has 0 radical (unpaired) electrons. The molecular weight excluding hydrogens is 178 g/mol. The molecule has 0 aromatic carbocycles. The summed E-state index contributed by atoms with van der Waals surface area (Å²) in [5.41, 5.74) is 0. The maximum Gasteiger partial charge on any atom is 0.0483 e. The topological polar surface area (TPSA) is 47.9 Å². The Bertz CT molecular complexity index is 194. The summed E-state index contributed by atoms with van der Waals surface area (Å²) in [6, 6.07) is 0.521. The summed E-state index contributed by atoms with van der Waals surface area (Å²) in [7, 11) is 2.10. The second-order valence-corrected chi connectivity index (χ2v) is 4.47. The highest BCUT2D eigenvalue weighted by Crippen LogP contribution is 2.19. The van der Waals surface area contributed by atoms with E-state index in [9.17, 15) is 0 Å². The Morgan fingerprint density at radius 3 is 2.86 bits per heavy atom. The molecule has 0 amide bonds. The third-order valence-corrected chi connectivity index (χ3v) is 2.72. The summed E-state index contributed by atoms with van der Waals surface area (Å²) in [6.07, 6.45) is 1.66. The summed E-state index contributed by atoms with van der Waals surface area (Å²) in [4.78, 5) is 2.28. The molecule has 1 heterocycles. The number of rotatable bonds is 4. The smallest absolute Gasteiger partial charge is 0.0483 e. The van der Waals surface area contributed by atoms with Crippen LogP contribution in [0.25, 0.3) is 0 Å². The zero-order valence-electron chi connectivity index (χ0n) is 9.27. The lowest BCUT2D eigenvalue weighted by atomic mass is 9.97. The molecule has 4 nitrogen and oxygen atoms in total. The highest BCUT2D eigenvalue weighted by atomic mass is 16.4. The molecule has 1 aliphatic heterocycles. The predicted molar refractivity (Wildman–Crippen MR) is 57.9 cm³/mol. The van der Waals surface area contributed by atoms with E-state index in [4.69, 9.17) is 5.21 Å². The quantitative estimate of drug-likeness (QED) is 0.396. The lowest BCUT2D eigenvalue weighted by Gasteiger charge is -2.16. The Labute approximate surface area is 86.0 Å². The summed E-state index contributed by atoms with van der Waals surface area (Å²) >= 11 is 0. The first-order chi connectivity index (χ1) is 6.63. The summed E-state index contributed by atoms with van der Waals surface area (Å²) in [5.74, 6) is 0.953. The monoisotopic (exact) mass is 199 g/mol. The first-order valence-corrected chi connectivity index (χ1v) is 5.23. The predicted octanol–water partition coefficient (Wildman–Crippen LogP) is 0.622. The van der Waals surface area contributed by atoms with Gasteiger partial charge in [0.1, 0.15) is 0 Å². The normalized spacial score (nSPS) is 29.4. The van der Waals surface area contributed by atoms with Crippen molar-refractivity contribution in [3.63, 3.8) is 0 Å². The number of hydrogen-bond acceptors (Lipinski definition) is 4. The van der Waals surface area contributed by atoms with Crippen LogP contribution in [0.2, 0.25) is 0 Å².